The van der Waals surface area contributed by atoms with Gasteiger partial charge >= 0.3 is 11.9 Å². The normalized spacial score (nSPS) is 31.8. The van der Waals surface area contributed by atoms with Crippen LogP contribution in [-0.2, 0) is 23.9 Å². The Balaban J connectivity index is 1.35. The van der Waals surface area contributed by atoms with Crippen molar-refractivity contribution in [3.8, 4) is 0 Å². The highest BCUT2D eigenvalue weighted by Gasteiger charge is 2.64. The number of hydrogen-bond donors (Lipinski definition) is 1. The molecule has 2 saturated carbocycles. The summed E-state index contributed by atoms with van der Waals surface area (Å²) < 4.78 is 10.4. The second kappa shape index (κ2) is 6.18. The zero-order chi connectivity index (χ0) is 17.7. The Bertz CT molecular complexity index is 765. The number of anilines is 1. The fourth-order valence-corrected chi connectivity index (χ4v) is 4.69. The predicted octanol–water partition coefficient (Wildman–Crippen LogP) is 2.67. The highest BCUT2D eigenvalue weighted by molar-refractivity contribution is 6.44. The lowest BCUT2D eigenvalue weighted by molar-refractivity contribution is -0.157. The van der Waals surface area contributed by atoms with Gasteiger partial charge in [0.1, 0.15) is 6.10 Å². The molecule has 3 aliphatic rings. The molecule has 1 heterocycles. The van der Waals surface area contributed by atoms with Gasteiger partial charge in [-0.15, -0.1) is 0 Å². The minimum atomic E-state index is -0.521. The van der Waals surface area contributed by atoms with Crippen molar-refractivity contribution in [2.45, 2.75) is 18.9 Å². The third kappa shape index (κ3) is 2.77. The fraction of sp³-hybridized carbons (Fsp3) is 0.471. The lowest BCUT2D eigenvalue weighted by Gasteiger charge is -2.22. The number of esters is 2. The summed E-state index contributed by atoms with van der Waals surface area (Å²) in [5, 5.41) is 3.08. The molecule has 1 N–H and O–H groups in total. The smallest absolute Gasteiger partial charge is 0.310 e. The average Bonchev–Trinajstić information content (AvgIpc) is 3.19. The minimum absolute atomic E-state index is 0.0418. The number of rotatable bonds is 4. The zero-order valence-electron chi connectivity index (χ0n) is 13.0. The zero-order valence-corrected chi connectivity index (χ0v) is 14.5. The van der Waals surface area contributed by atoms with Crippen molar-refractivity contribution in [3.05, 3.63) is 28.2 Å². The lowest BCUT2D eigenvalue weighted by atomic mass is 9.80. The largest absolute Gasteiger partial charge is 0.462 e. The van der Waals surface area contributed by atoms with E-state index in [9.17, 15) is 14.4 Å². The van der Waals surface area contributed by atoms with Crippen LogP contribution in [0.15, 0.2) is 18.2 Å². The van der Waals surface area contributed by atoms with Gasteiger partial charge in [0.15, 0.2) is 6.61 Å². The van der Waals surface area contributed by atoms with E-state index in [4.69, 9.17) is 32.7 Å². The van der Waals surface area contributed by atoms with Crippen LogP contribution in [0.3, 0.4) is 0 Å². The first-order chi connectivity index (χ1) is 12.0. The van der Waals surface area contributed by atoms with Gasteiger partial charge < -0.3 is 14.8 Å². The highest BCUT2D eigenvalue weighted by atomic mass is 35.5. The Morgan fingerprint density at radius 3 is 2.88 bits per heavy atom. The highest BCUT2D eigenvalue weighted by Crippen LogP contribution is 2.57. The van der Waals surface area contributed by atoms with E-state index in [1.807, 2.05) is 0 Å². The van der Waals surface area contributed by atoms with Crippen LogP contribution in [-0.4, -0.2) is 30.6 Å². The van der Waals surface area contributed by atoms with Crippen molar-refractivity contribution in [2.24, 2.45) is 23.7 Å². The van der Waals surface area contributed by atoms with Crippen molar-refractivity contribution in [1.82, 2.24) is 0 Å². The van der Waals surface area contributed by atoms with E-state index in [1.165, 1.54) is 0 Å². The monoisotopic (exact) mass is 383 g/mol. The van der Waals surface area contributed by atoms with Gasteiger partial charge in [-0.2, -0.15) is 0 Å². The maximum atomic E-state index is 12.4. The van der Waals surface area contributed by atoms with E-state index < -0.39 is 30.3 Å². The van der Waals surface area contributed by atoms with Crippen LogP contribution >= 0.6 is 23.2 Å². The second-order valence-corrected chi connectivity index (χ2v) is 7.46. The summed E-state index contributed by atoms with van der Waals surface area (Å²) in [5.41, 5.74) is 0.345. The molecule has 1 aliphatic heterocycles. The summed E-state index contributed by atoms with van der Waals surface area (Å²) in [6.07, 6.45) is 1.47. The van der Waals surface area contributed by atoms with Crippen molar-refractivity contribution in [3.63, 3.8) is 0 Å². The summed E-state index contributed by atoms with van der Waals surface area (Å²) in [4.78, 5) is 36.3. The van der Waals surface area contributed by atoms with Crippen LogP contribution in [0.25, 0.3) is 0 Å². The van der Waals surface area contributed by atoms with E-state index in [0.717, 1.165) is 6.42 Å². The molecule has 0 aromatic heterocycles. The molecule has 25 heavy (non-hydrogen) atoms. The van der Waals surface area contributed by atoms with E-state index in [2.05, 4.69) is 5.32 Å². The molecule has 0 radical (unpaired) electrons. The van der Waals surface area contributed by atoms with Crippen LogP contribution < -0.4 is 5.32 Å². The van der Waals surface area contributed by atoms with Gasteiger partial charge in [-0.05, 0) is 30.9 Å². The number of carbonyl (C=O) groups is 3. The van der Waals surface area contributed by atoms with Crippen LogP contribution in [0.5, 0.6) is 0 Å². The van der Waals surface area contributed by atoms with Gasteiger partial charge in [0, 0.05) is 5.92 Å². The second-order valence-electron chi connectivity index (χ2n) is 6.68. The summed E-state index contributed by atoms with van der Waals surface area (Å²) in [5.74, 6) is -2.04. The molecule has 3 fully saturated rings. The third-order valence-electron chi connectivity index (χ3n) is 5.33. The molecule has 1 aromatic carbocycles. The molecule has 8 heteroatoms. The van der Waals surface area contributed by atoms with Gasteiger partial charge in [-0.3, -0.25) is 14.4 Å². The molecule has 1 saturated heterocycles. The van der Waals surface area contributed by atoms with Gasteiger partial charge in [-0.1, -0.05) is 29.3 Å². The predicted molar refractivity (Wildman–Crippen MR) is 89.1 cm³/mol. The van der Waals surface area contributed by atoms with Gasteiger partial charge in [0.25, 0.3) is 5.91 Å². The molecule has 2 aliphatic carbocycles. The van der Waals surface area contributed by atoms with Crippen LogP contribution in [0.4, 0.5) is 5.69 Å². The summed E-state index contributed by atoms with van der Waals surface area (Å²) in [7, 11) is 0. The van der Waals surface area contributed by atoms with E-state index >= 15 is 0 Å². The molecular weight excluding hydrogens is 369 g/mol. The first-order valence-corrected chi connectivity index (χ1v) is 8.82. The molecule has 6 nitrogen and oxygen atoms in total. The molecule has 0 spiro atoms. The molecule has 4 rings (SSSR count). The Morgan fingerprint density at radius 1 is 1.28 bits per heavy atom. The van der Waals surface area contributed by atoms with Crippen molar-refractivity contribution in [1.29, 1.82) is 0 Å². The lowest BCUT2D eigenvalue weighted by Crippen LogP contribution is -2.35. The van der Waals surface area contributed by atoms with Gasteiger partial charge in [0.2, 0.25) is 0 Å². The topological polar surface area (TPSA) is 81.7 Å². The minimum Gasteiger partial charge on any atom is -0.462 e. The van der Waals surface area contributed by atoms with Crippen molar-refractivity contribution < 1.29 is 23.9 Å². The SMILES string of the molecule is O=C(COC(=O)[C@@H]1[C@@H]2C[C@H]3[C@@H]1C(=O)O[C@@H]3C2)Nc1cccc(Cl)c1Cl. The fourth-order valence-electron chi connectivity index (χ4n) is 4.34. The Labute approximate surface area is 153 Å². The number of benzene rings is 1. The Kier molecular flexibility index (Phi) is 4.12. The molecule has 132 valence electrons. The van der Waals surface area contributed by atoms with Crippen LogP contribution in [0, 0.1) is 23.7 Å². The number of ether oxygens (including phenoxy) is 2. The average molecular weight is 384 g/mol. The van der Waals surface area contributed by atoms with E-state index in [-0.39, 0.29) is 28.9 Å². The van der Waals surface area contributed by atoms with Crippen LogP contribution in [0.2, 0.25) is 10.0 Å². The summed E-state index contributed by atoms with van der Waals surface area (Å²) in [6, 6.07) is 4.84. The number of fused-ring (bicyclic) bond motifs is 1. The maximum absolute atomic E-state index is 12.4. The molecule has 2 bridgehead atoms. The Hall–Kier alpha value is -1.79. The molecular formula is C17H15Cl2NO5. The quantitative estimate of drug-likeness (QED) is 0.808. The molecule has 0 unspecified atom stereocenters. The Morgan fingerprint density at radius 2 is 2.08 bits per heavy atom. The van der Waals surface area contributed by atoms with Crippen molar-refractivity contribution in [2.75, 3.05) is 11.9 Å². The number of halogens is 2. The molecule has 1 amide bonds. The van der Waals surface area contributed by atoms with Gasteiger partial charge in [-0.25, -0.2) is 0 Å². The van der Waals surface area contributed by atoms with E-state index in [1.54, 1.807) is 18.2 Å². The number of amides is 1. The van der Waals surface area contributed by atoms with E-state index in [0.29, 0.717) is 17.1 Å². The van der Waals surface area contributed by atoms with Gasteiger partial charge in [0.05, 0.1) is 27.6 Å². The van der Waals surface area contributed by atoms with Crippen molar-refractivity contribution >= 4 is 46.7 Å². The number of carbonyl (C=O) groups excluding carboxylic acids is 3. The summed E-state index contributed by atoms with van der Waals surface area (Å²) >= 11 is 11.9. The summed E-state index contributed by atoms with van der Waals surface area (Å²) in [6.45, 7) is -0.444. The third-order valence-corrected chi connectivity index (χ3v) is 6.15. The van der Waals surface area contributed by atoms with Crippen LogP contribution in [0.1, 0.15) is 12.8 Å². The first-order valence-electron chi connectivity index (χ1n) is 8.06. The first kappa shape index (κ1) is 16.7. The molecule has 1 aromatic rings. The standard InChI is InChI=1S/C17H15Cl2NO5/c18-9-2-1-3-10(15(9)19)20-12(21)6-24-16(22)13-7-4-8-11(5-7)25-17(23)14(8)13/h1-3,7-8,11,13-14H,4-6H2,(H,20,21)/t7-,8-,11-,13-,14+/m1/s1. The number of hydrogen-bond acceptors (Lipinski definition) is 5. The molecule has 5 atom stereocenters. The maximum Gasteiger partial charge on any atom is 0.310 e. The number of nitrogens with one attached hydrogen (secondary N) is 1.